The third kappa shape index (κ3) is 3.47. The van der Waals surface area contributed by atoms with Crippen molar-refractivity contribution in [3.05, 3.63) is 34.9 Å². The summed E-state index contributed by atoms with van der Waals surface area (Å²) in [7, 11) is 0. The number of piperidine rings is 1. The van der Waals surface area contributed by atoms with Crippen LogP contribution in [-0.2, 0) is 16.1 Å². The van der Waals surface area contributed by atoms with Crippen LogP contribution < -0.4 is 10.6 Å². The number of fused-ring (bicyclic) bond motifs is 2. The molecule has 2 saturated heterocycles. The molecule has 8 nitrogen and oxygen atoms in total. The van der Waals surface area contributed by atoms with Gasteiger partial charge in [-0.1, -0.05) is 19.4 Å². The summed E-state index contributed by atoms with van der Waals surface area (Å²) in [4.78, 5) is 53.0. The lowest BCUT2D eigenvalue weighted by Gasteiger charge is -2.33. The zero-order chi connectivity index (χ0) is 21.8. The zero-order valence-corrected chi connectivity index (χ0v) is 17.8. The topological polar surface area (TPSA) is 98.8 Å². The van der Waals surface area contributed by atoms with Gasteiger partial charge in [-0.05, 0) is 42.4 Å². The van der Waals surface area contributed by atoms with Gasteiger partial charge in [0.2, 0.25) is 11.8 Å². The van der Waals surface area contributed by atoms with E-state index in [1.54, 1.807) is 12.1 Å². The van der Waals surface area contributed by atoms with Gasteiger partial charge in [-0.3, -0.25) is 34.3 Å². The average Bonchev–Trinajstić information content (AvgIpc) is 3.14. The monoisotopic (exact) mass is 424 g/mol. The van der Waals surface area contributed by atoms with Crippen LogP contribution in [0.15, 0.2) is 18.2 Å². The quantitative estimate of drug-likeness (QED) is 0.704. The summed E-state index contributed by atoms with van der Waals surface area (Å²) in [6.45, 7) is 5.98. The molecular formula is C23H28N4O4. The number of nitrogens with zero attached hydrogens (tertiary/aromatic N) is 2. The molecule has 0 bridgehead atoms. The molecule has 31 heavy (non-hydrogen) atoms. The summed E-state index contributed by atoms with van der Waals surface area (Å²) in [5, 5.41) is 5.93. The Bertz CT molecular complexity index is 976. The van der Waals surface area contributed by atoms with Gasteiger partial charge < -0.3 is 5.32 Å². The Morgan fingerprint density at radius 1 is 1.10 bits per heavy atom. The number of carbonyl (C=O) groups excluding carboxylic acids is 4. The first kappa shape index (κ1) is 20.3. The summed E-state index contributed by atoms with van der Waals surface area (Å²) in [6.07, 6.45) is 4.00. The summed E-state index contributed by atoms with van der Waals surface area (Å²) in [6, 6.07) is 5.05. The fraction of sp³-hybridized carbons (Fsp3) is 0.565. The number of rotatable bonds is 3. The predicted octanol–water partition coefficient (Wildman–Crippen LogP) is 1.05. The lowest BCUT2D eigenvalue weighted by Crippen LogP contribution is -2.54. The molecule has 0 radical (unpaired) electrons. The Morgan fingerprint density at radius 2 is 1.90 bits per heavy atom. The second-order valence-electron chi connectivity index (χ2n) is 9.59. The van der Waals surface area contributed by atoms with E-state index in [4.69, 9.17) is 0 Å². The summed E-state index contributed by atoms with van der Waals surface area (Å²) < 4.78 is 0. The fourth-order valence-corrected chi connectivity index (χ4v) is 5.77. The zero-order valence-electron chi connectivity index (χ0n) is 17.8. The maximum atomic E-state index is 13.1. The molecular weight excluding hydrogens is 396 g/mol. The molecule has 3 atom stereocenters. The smallest absolute Gasteiger partial charge is 0.262 e. The third-order valence-corrected chi connectivity index (χ3v) is 7.40. The molecule has 3 aliphatic heterocycles. The largest absolute Gasteiger partial charge is 0.312 e. The number of amides is 4. The maximum absolute atomic E-state index is 13.1. The van der Waals surface area contributed by atoms with Gasteiger partial charge in [0.15, 0.2) is 0 Å². The average molecular weight is 425 g/mol. The van der Waals surface area contributed by atoms with E-state index in [9.17, 15) is 19.2 Å². The van der Waals surface area contributed by atoms with E-state index in [0.29, 0.717) is 17.2 Å². The highest BCUT2D eigenvalue weighted by molar-refractivity contribution is 6.23. The maximum Gasteiger partial charge on any atom is 0.262 e. The minimum atomic E-state index is -0.926. The van der Waals surface area contributed by atoms with Gasteiger partial charge in [-0.15, -0.1) is 0 Å². The van der Waals surface area contributed by atoms with Crippen molar-refractivity contribution in [3.8, 4) is 0 Å². The van der Waals surface area contributed by atoms with Gasteiger partial charge in [-0.25, -0.2) is 0 Å². The predicted molar refractivity (Wildman–Crippen MR) is 112 cm³/mol. The van der Waals surface area contributed by atoms with Crippen LogP contribution in [-0.4, -0.2) is 65.1 Å². The molecule has 5 rings (SSSR count). The molecule has 1 aromatic carbocycles. The van der Waals surface area contributed by atoms with E-state index < -0.39 is 23.8 Å². The van der Waals surface area contributed by atoms with Crippen molar-refractivity contribution >= 4 is 23.6 Å². The minimum absolute atomic E-state index is 0.123. The Hall–Kier alpha value is -2.58. The molecule has 4 amide bonds. The Morgan fingerprint density at radius 3 is 2.71 bits per heavy atom. The van der Waals surface area contributed by atoms with E-state index in [2.05, 4.69) is 22.5 Å². The molecule has 164 valence electrons. The number of benzene rings is 1. The van der Waals surface area contributed by atoms with Crippen molar-refractivity contribution in [2.75, 3.05) is 19.6 Å². The molecule has 1 saturated carbocycles. The van der Waals surface area contributed by atoms with Crippen LogP contribution in [0.3, 0.4) is 0 Å². The van der Waals surface area contributed by atoms with Crippen LogP contribution >= 0.6 is 0 Å². The number of hydrogen-bond acceptors (Lipinski definition) is 6. The van der Waals surface area contributed by atoms with Crippen molar-refractivity contribution < 1.29 is 19.2 Å². The second kappa shape index (κ2) is 7.53. The molecule has 4 aliphatic rings. The van der Waals surface area contributed by atoms with Crippen LogP contribution in [0.5, 0.6) is 0 Å². The van der Waals surface area contributed by atoms with Crippen LogP contribution in [0.1, 0.15) is 65.3 Å². The molecule has 1 aliphatic carbocycles. The van der Waals surface area contributed by atoms with Gasteiger partial charge in [0.05, 0.1) is 11.1 Å². The highest BCUT2D eigenvalue weighted by Gasteiger charge is 2.45. The van der Waals surface area contributed by atoms with Crippen LogP contribution in [0.2, 0.25) is 0 Å². The van der Waals surface area contributed by atoms with Crippen LogP contribution in [0.4, 0.5) is 0 Å². The van der Waals surface area contributed by atoms with Crippen LogP contribution in [0, 0.1) is 5.41 Å². The van der Waals surface area contributed by atoms with Crippen molar-refractivity contribution in [3.63, 3.8) is 0 Å². The number of hydrogen-bond donors (Lipinski definition) is 2. The second-order valence-corrected chi connectivity index (χ2v) is 9.59. The third-order valence-electron chi connectivity index (χ3n) is 7.40. The minimum Gasteiger partial charge on any atom is -0.312 e. The van der Waals surface area contributed by atoms with Gasteiger partial charge >= 0.3 is 0 Å². The first-order valence-electron chi connectivity index (χ1n) is 11.2. The van der Waals surface area contributed by atoms with E-state index >= 15 is 0 Å². The standard InChI is InChI=1S/C23H28N4O4/c1-23-8-2-3-18(23)24-9-10-26(13-23)12-14-4-5-15-16(11-14)22(31)27(21(15)30)17-6-7-19(28)25-20(17)29/h4-5,11,17-18,24H,2-3,6-10,12-13H2,1H3,(H,25,28,29)/t17?,18-,23+/m0/s1. The molecule has 8 heteroatoms. The summed E-state index contributed by atoms with van der Waals surface area (Å²) in [5.41, 5.74) is 1.94. The molecule has 0 spiro atoms. The molecule has 1 unspecified atom stereocenters. The van der Waals surface area contributed by atoms with E-state index in [-0.39, 0.29) is 24.2 Å². The molecule has 3 heterocycles. The van der Waals surface area contributed by atoms with Gasteiger partial charge in [0, 0.05) is 38.6 Å². The van der Waals surface area contributed by atoms with Gasteiger partial charge in [0.1, 0.15) is 6.04 Å². The first-order valence-corrected chi connectivity index (χ1v) is 11.2. The van der Waals surface area contributed by atoms with Gasteiger partial charge in [-0.2, -0.15) is 0 Å². The van der Waals surface area contributed by atoms with Crippen molar-refractivity contribution in [1.29, 1.82) is 0 Å². The highest BCUT2D eigenvalue weighted by atomic mass is 16.2. The van der Waals surface area contributed by atoms with Crippen LogP contribution in [0.25, 0.3) is 0 Å². The highest BCUT2D eigenvalue weighted by Crippen LogP contribution is 2.40. The van der Waals surface area contributed by atoms with E-state index in [1.165, 1.54) is 19.3 Å². The number of imide groups is 2. The lowest BCUT2D eigenvalue weighted by atomic mass is 9.84. The van der Waals surface area contributed by atoms with Crippen molar-refractivity contribution in [1.82, 2.24) is 20.4 Å². The van der Waals surface area contributed by atoms with E-state index in [0.717, 1.165) is 36.6 Å². The SMILES string of the molecule is C[C@]12CCC[C@@H]1NCCN(Cc1ccc3c(c1)C(=O)N(C1CCC(=O)NC1=O)C3=O)C2. The number of nitrogens with one attached hydrogen (secondary N) is 2. The fourth-order valence-electron chi connectivity index (χ4n) is 5.77. The Balaban J connectivity index is 1.34. The lowest BCUT2D eigenvalue weighted by molar-refractivity contribution is -0.136. The molecule has 3 fully saturated rings. The molecule has 1 aromatic rings. The Kier molecular flexibility index (Phi) is 4.94. The molecule has 0 aromatic heterocycles. The summed E-state index contributed by atoms with van der Waals surface area (Å²) >= 11 is 0. The Labute approximate surface area is 181 Å². The summed E-state index contributed by atoms with van der Waals surface area (Å²) in [5.74, 6) is -1.86. The van der Waals surface area contributed by atoms with Crippen molar-refractivity contribution in [2.45, 2.75) is 57.7 Å². The van der Waals surface area contributed by atoms with E-state index in [1.807, 2.05) is 6.07 Å². The van der Waals surface area contributed by atoms with Gasteiger partial charge in [0.25, 0.3) is 11.8 Å². The first-order chi connectivity index (χ1) is 14.9. The number of carbonyl (C=O) groups is 4. The van der Waals surface area contributed by atoms with Crippen molar-refractivity contribution in [2.24, 2.45) is 5.41 Å². The molecule has 2 N–H and O–H groups in total. The normalized spacial score (nSPS) is 31.5.